The largest absolute Gasteiger partial charge is 0.328 e. The molecular weight excluding hydrogens is 192 g/mol. The van der Waals surface area contributed by atoms with E-state index in [1.165, 1.54) is 6.07 Å². The highest BCUT2D eigenvalue weighted by Crippen LogP contribution is 2.05. The van der Waals surface area contributed by atoms with Gasteiger partial charge in [0.05, 0.1) is 0 Å². The minimum Gasteiger partial charge on any atom is -0.328 e. The number of aromatic nitrogens is 1. The first-order valence-corrected chi connectivity index (χ1v) is 4.51. The molecule has 0 unspecified atom stereocenters. The monoisotopic (exact) mass is 200 g/mol. The summed E-state index contributed by atoms with van der Waals surface area (Å²) in [4.78, 5) is 21.7. The Labute approximate surface area is 85.8 Å². The molecule has 0 atom stereocenters. The molecule has 1 N–H and O–H groups in total. The van der Waals surface area contributed by atoms with Crippen molar-refractivity contribution in [2.75, 3.05) is 6.54 Å². The number of aromatic amines is 1. The Morgan fingerprint density at radius 3 is 3.00 bits per heavy atom. The van der Waals surface area contributed by atoms with Crippen LogP contribution < -0.4 is 5.56 Å². The normalized spacial score (nSPS) is 15.1. The van der Waals surface area contributed by atoms with E-state index < -0.39 is 0 Å². The second-order valence-corrected chi connectivity index (χ2v) is 3.07. The molecule has 15 heavy (non-hydrogen) atoms. The van der Waals surface area contributed by atoms with Crippen LogP contribution >= 0.6 is 0 Å². The average Bonchev–Trinajstić information content (AvgIpc) is 2.30. The van der Waals surface area contributed by atoms with Crippen LogP contribution in [0.4, 0.5) is 0 Å². The van der Waals surface area contributed by atoms with Gasteiger partial charge in [0.15, 0.2) is 5.84 Å². The number of hydrogen-bond acceptors (Lipinski definition) is 4. The molecule has 2 heterocycles. The van der Waals surface area contributed by atoms with Gasteiger partial charge in [0.2, 0.25) is 5.56 Å². The Morgan fingerprint density at radius 1 is 1.47 bits per heavy atom. The molecule has 0 spiro atoms. The van der Waals surface area contributed by atoms with Crippen molar-refractivity contribution in [1.82, 2.24) is 4.98 Å². The molecule has 0 fully saturated rings. The lowest BCUT2D eigenvalue weighted by Gasteiger charge is -2.06. The summed E-state index contributed by atoms with van der Waals surface area (Å²) in [5, 5.41) is 8.71. The van der Waals surface area contributed by atoms with Crippen LogP contribution in [0, 0.1) is 11.3 Å². The van der Waals surface area contributed by atoms with Gasteiger partial charge in [-0.05, 0) is 6.07 Å². The van der Waals surface area contributed by atoms with E-state index in [2.05, 4.69) is 15.0 Å². The molecule has 0 aromatic carbocycles. The molecule has 5 nitrogen and oxygen atoms in total. The Kier molecular flexibility index (Phi) is 2.42. The first-order valence-electron chi connectivity index (χ1n) is 4.51. The Bertz CT molecular complexity index is 513. The van der Waals surface area contributed by atoms with Gasteiger partial charge in [-0.3, -0.25) is 9.79 Å². The number of rotatable bonds is 1. The topological polar surface area (TPSA) is 81.4 Å². The maximum atomic E-state index is 10.8. The van der Waals surface area contributed by atoms with Gasteiger partial charge in [-0.15, -0.1) is 0 Å². The fraction of sp³-hybridized carbons (Fsp3) is 0.200. The maximum Gasteiger partial charge on any atom is 0.247 e. The summed E-state index contributed by atoms with van der Waals surface area (Å²) in [7, 11) is 0. The molecule has 0 saturated heterocycles. The van der Waals surface area contributed by atoms with Crippen LogP contribution in [0.5, 0.6) is 0 Å². The van der Waals surface area contributed by atoms with E-state index >= 15 is 0 Å². The molecule has 0 saturated carbocycles. The summed E-state index contributed by atoms with van der Waals surface area (Å²) in [6.45, 7) is 0.570. The number of nitriles is 1. The number of H-pyrrole nitrogens is 1. The minimum absolute atomic E-state index is 0.167. The molecule has 0 aliphatic carbocycles. The van der Waals surface area contributed by atoms with E-state index in [1.54, 1.807) is 12.3 Å². The van der Waals surface area contributed by atoms with Gasteiger partial charge in [-0.1, -0.05) is 0 Å². The minimum atomic E-state index is -0.167. The van der Waals surface area contributed by atoms with Crippen molar-refractivity contribution >= 4 is 11.5 Å². The smallest absolute Gasteiger partial charge is 0.247 e. The van der Waals surface area contributed by atoms with Crippen LogP contribution in [0.1, 0.15) is 12.0 Å². The van der Waals surface area contributed by atoms with Crippen LogP contribution in [0.2, 0.25) is 0 Å². The van der Waals surface area contributed by atoms with Crippen molar-refractivity contribution in [2.45, 2.75) is 6.42 Å². The summed E-state index contributed by atoms with van der Waals surface area (Å²) < 4.78 is 0. The van der Waals surface area contributed by atoms with E-state index in [0.29, 0.717) is 24.5 Å². The van der Waals surface area contributed by atoms with Crippen LogP contribution in [0.15, 0.2) is 33.1 Å². The maximum absolute atomic E-state index is 10.8. The molecule has 1 aliphatic heterocycles. The first kappa shape index (κ1) is 9.34. The predicted octanol–water partition coefficient (Wildman–Crippen LogP) is 0.490. The molecule has 1 aliphatic rings. The van der Waals surface area contributed by atoms with Gasteiger partial charge in [-0.25, -0.2) is 4.99 Å². The van der Waals surface area contributed by atoms with Crippen molar-refractivity contribution in [3.8, 4) is 6.07 Å². The molecular formula is C10H8N4O. The van der Waals surface area contributed by atoms with E-state index in [1.807, 2.05) is 6.07 Å². The first-order chi connectivity index (χ1) is 7.29. The van der Waals surface area contributed by atoms with Gasteiger partial charge >= 0.3 is 0 Å². The van der Waals surface area contributed by atoms with Crippen molar-refractivity contribution in [3.63, 3.8) is 0 Å². The number of amidine groups is 1. The molecule has 1 aromatic rings. The summed E-state index contributed by atoms with van der Waals surface area (Å²) >= 11 is 0. The van der Waals surface area contributed by atoms with Gasteiger partial charge in [-0.2, -0.15) is 5.26 Å². The molecule has 74 valence electrons. The van der Waals surface area contributed by atoms with Crippen LogP contribution in [-0.4, -0.2) is 23.1 Å². The van der Waals surface area contributed by atoms with E-state index in [-0.39, 0.29) is 5.56 Å². The van der Waals surface area contributed by atoms with Gasteiger partial charge in [0.1, 0.15) is 11.8 Å². The summed E-state index contributed by atoms with van der Waals surface area (Å²) in [6, 6.07) is 5.06. The molecule has 5 heteroatoms. The zero-order chi connectivity index (χ0) is 10.7. The number of hydrogen-bond donors (Lipinski definition) is 1. The molecule has 1 aromatic heterocycles. The second-order valence-electron chi connectivity index (χ2n) is 3.07. The summed E-state index contributed by atoms with van der Waals surface area (Å²) in [5.74, 6) is 0.508. The summed E-state index contributed by atoms with van der Waals surface area (Å²) in [6.07, 6.45) is 2.13. The highest BCUT2D eigenvalue weighted by atomic mass is 16.1. The third kappa shape index (κ3) is 1.99. The lowest BCUT2D eigenvalue weighted by molar-refractivity contribution is 1.02. The highest BCUT2D eigenvalue weighted by Gasteiger charge is 2.09. The predicted molar refractivity (Wildman–Crippen MR) is 56.1 cm³/mol. The van der Waals surface area contributed by atoms with Gasteiger partial charge < -0.3 is 4.98 Å². The van der Waals surface area contributed by atoms with Crippen LogP contribution in [0.3, 0.4) is 0 Å². The average molecular weight is 200 g/mol. The molecule has 2 rings (SSSR count). The zero-order valence-corrected chi connectivity index (χ0v) is 7.90. The lowest BCUT2D eigenvalue weighted by atomic mass is 10.2. The quantitative estimate of drug-likeness (QED) is 0.715. The van der Waals surface area contributed by atoms with E-state index in [9.17, 15) is 4.79 Å². The molecule has 0 bridgehead atoms. The number of nitrogens with zero attached hydrogens (tertiary/aromatic N) is 3. The molecule has 0 radical (unpaired) electrons. The zero-order valence-electron chi connectivity index (χ0n) is 7.90. The van der Waals surface area contributed by atoms with Crippen LogP contribution in [0.25, 0.3) is 0 Å². The SMILES string of the molecule is N#CC1=NC(c2ccc(=O)[nH]c2)=NCC1. The number of nitrogens with one attached hydrogen (secondary N) is 1. The Balaban J connectivity index is 2.37. The summed E-state index contributed by atoms with van der Waals surface area (Å²) in [5.41, 5.74) is 1.04. The third-order valence-corrected chi connectivity index (χ3v) is 2.02. The van der Waals surface area contributed by atoms with E-state index in [4.69, 9.17) is 5.26 Å². The Hall–Kier alpha value is -2.22. The van der Waals surface area contributed by atoms with Crippen molar-refractivity contribution < 1.29 is 0 Å². The van der Waals surface area contributed by atoms with Crippen LogP contribution in [-0.2, 0) is 0 Å². The number of pyridine rings is 1. The fourth-order valence-electron chi connectivity index (χ4n) is 1.27. The highest BCUT2D eigenvalue weighted by molar-refractivity contribution is 6.12. The van der Waals surface area contributed by atoms with E-state index in [0.717, 1.165) is 5.56 Å². The second kappa shape index (κ2) is 3.88. The van der Waals surface area contributed by atoms with Crippen molar-refractivity contribution in [2.24, 2.45) is 9.98 Å². The van der Waals surface area contributed by atoms with Gasteiger partial charge in [0, 0.05) is 30.8 Å². The van der Waals surface area contributed by atoms with Crippen molar-refractivity contribution in [1.29, 1.82) is 5.26 Å². The Morgan fingerprint density at radius 2 is 2.33 bits per heavy atom. The fourth-order valence-corrected chi connectivity index (χ4v) is 1.27. The number of aliphatic imine (C=N–C) groups is 2. The van der Waals surface area contributed by atoms with Crippen molar-refractivity contribution in [3.05, 3.63) is 34.2 Å². The standard InChI is InChI=1S/C10H8N4O/c11-5-8-3-4-12-10(14-8)7-1-2-9(15)13-6-7/h1-2,6H,3-4H2,(H,13,15). The third-order valence-electron chi connectivity index (χ3n) is 2.02. The molecule has 0 amide bonds. The van der Waals surface area contributed by atoms with Gasteiger partial charge in [0.25, 0.3) is 0 Å². The lowest BCUT2D eigenvalue weighted by Crippen LogP contribution is -2.13.